The number of ether oxygens (including phenoxy) is 3. The number of aromatic hydroxyl groups is 2. The molecule has 1 radical (unpaired) electrons. The van der Waals surface area contributed by atoms with E-state index in [0.717, 1.165) is 20.1 Å². The minimum absolute atomic E-state index is 0. The number of amides is 1. The van der Waals surface area contributed by atoms with E-state index in [9.17, 15) is 19.8 Å². The zero-order valence-corrected chi connectivity index (χ0v) is 27.9. The Morgan fingerprint density at radius 2 is 1.18 bits per heavy atom. The number of carbonyl (C=O) groups excluding carboxylic acids is 2. The van der Waals surface area contributed by atoms with E-state index < -0.39 is 11.9 Å². The second-order valence-corrected chi connectivity index (χ2v) is 9.99. The van der Waals surface area contributed by atoms with Gasteiger partial charge in [0, 0.05) is 39.6 Å². The maximum absolute atomic E-state index is 11.3. The Labute approximate surface area is 282 Å². The maximum Gasteiger partial charge on any atom is 0.341 e. The Hall–Kier alpha value is -3.60. The smallest absolute Gasteiger partial charge is 0.341 e. The molecule has 0 aliphatic carbocycles. The molecule has 0 saturated heterocycles. The Morgan fingerprint density at radius 1 is 0.750 bits per heavy atom. The van der Waals surface area contributed by atoms with Gasteiger partial charge in [-0.2, -0.15) is 0 Å². The summed E-state index contributed by atoms with van der Waals surface area (Å²) in [6, 6.07) is 24.4. The number of hydrogen-bond acceptors (Lipinski definition) is 10. The quantitative estimate of drug-likeness (QED) is 0.0657. The van der Waals surface area contributed by atoms with E-state index in [-0.39, 0.29) is 46.7 Å². The van der Waals surface area contributed by atoms with Gasteiger partial charge >= 0.3 is 5.97 Å². The summed E-state index contributed by atoms with van der Waals surface area (Å²) in [5.41, 5.74) is 4.16. The first-order valence-electron chi connectivity index (χ1n) is 12.0. The fraction of sp³-hybridized carbons (Fsp3) is 0.103. The molecular weight excluding hydrogens is 743 g/mol. The predicted octanol–water partition coefficient (Wildman–Crippen LogP) is 3.85. The van der Waals surface area contributed by atoms with Crippen LogP contribution in [0.5, 0.6) is 23.0 Å². The second kappa shape index (κ2) is 21.2. The van der Waals surface area contributed by atoms with Crippen LogP contribution in [0.2, 0.25) is 0 Å². The van der Waals surface area contributed by atoms with Crippen LogP contribution < -0.4 is 32.4 Å². The Morgan fingerprint density at radius 3 is 1.55 bits per heavy atom. The molecule has 4 aromatic carbocycles. The van der Waals surface area contributed by atoms with E-state index in [1.165, 1.54) is 31.4 Å². The zero-order valence-electron chi connectivity index (χ0n) is 23.4. The summed E-state index contributed by atoms with van der Waals surface area (Å²) in [6.45, 7) is 0.734. The summed E-state index contributed by atoms with van der Waals surface area (Å²) in [5.74, 6) is 12.5. The van der Waals surface area contributed by atoms with Gasteiger partial charge in [-0.1, -0.05) is 56.1 Å². The van der Waals surface area contributed by atoms with Gasteiger partial charge in [0.15, 0.2) is 0 Å². The molecule has 0 aliphatic rings. The van der Waals surface area contributed by atoms with Gasteiger partial charge in [-0.3, -0.25) is 21.9 Å². The average Bonchev–Trinajstić information content (AvgIpc) is 3.00. The van der Waals surface area contributed by atoms with Crippen LogP contribution in [0.25, 0.3) is 0 Å². The standard InChI is InChI=1S/C15H13BrO4.C14H13BrN2O3.H4N2.H2O.V/c1-19-15(18)13-6-5-12(8-14(13)17)20-9-10-3-2-4-11(16)7-10;15-10-3-1-2-9(6-10)8-20-11-4-5-12(13(18)7-11)14(19)17-16;1-2;;/h2-8,17H,9H2,1H3;1-7,18H,8,16H2,(H,17,19);1-2H2;1H2;. The van der Waals surface area contributed by atoms with Gasteiger partial charge in [0.05, 0.1) is 12.7 Å². The molecule has 0 aliphatic heterocycles. The molecule has 0 fully saturated rings. The van der Waals surface area contributed by atoms with Crippen LogP contribution in [-0.4, -0.2) is 34.7 Å². The number of benzene rings is 4. The third-order valence-corrected chi connectivity index (χ3v) is 6.29. The Kier molecular flexibility index (Phi) is 19.4. The number of methoxy groups -OCH3 is 1. The summed E-state index contributed by atoms with van der Waals surface area (Å²) < 4.78 is 17.6. The number of phenolic OH excluding ortho intramolecular Hbond substituents is 2. The molecule has 15 heteroatoms. The van der Waals surface area contributed by atoms with Crippen LogP contribution in [0.1, 0.15) is 31.8 Å². The van der Waals surface area contributed by atoms with Crippen molar-refractivity contribution in [1.29, 1.82) is 0 Å². The molecule has 0 unspecified atom stereocenters. The van der Waals surface area contributed by atoms with Gasteiger partial charge in [0.2, 0.25) is 0 Å². The molecule has 1 amide bonds. The van der Waals surface area contributed by atoms with Crippen molar-refractivity contribution in [3.05, 3.63) is 116 Å². The number of nitrogens with two attached hydrogens (primary N) is 3. The number of carbonyl (C=O) groups is 2. The van der Waals surface area contributed by atoms with Crippen LogP contribution >= 0.6 is 31.9 Å². The molecule has 12 nitrogen and oxygen atoms in total. The van der Waals surface area contributed by atoms with Gasteiger partial charge in [-0.15, -0.1) is 0 Å². The van der Waals surface area contributed by atoms with E-state index in [4.69, 9.17) is 15.3 Å². The van der Waals surface area contributed by atoms with E-state index >= 15 is 0 Å². The molecule has 0 spiro atoms. The van der Waals surface area contributed by atoms with Crippen LogP contribution in [0, 0.1) is 0 Å². The first-order valence-corrected chi connectivity index (χ1v) is 13.6. The number of phenols is 2. The second-order valence-electron chi connectivity index (χ2n) is 8.16. The number of rotatable bonds is 8. The molecule has 44 heavy (non-hydrogen) atoms. The molecule has 0 aromatic heterocycles. The van der Waals surface area contributed by atoms with Gasteiger partial charge in [-0.05, 0) is 59.7 Å². The minimum Gasteiger partial charge on any atom is -0.507 e. The topological polar surface area (TPSA) is 224 Å². The van der Waals surface area contributed by atoms with E-state index in [0.29, 0.717) is 24.7 Å². The summed E-state index contributed by atoms with van der Waals surface area (Å²) in [5, 5.41) is 19.5. The number of nitrogen functional groups attached to an aromatic ring is 1. The molecule has 0 saturated carbocycles. The molecule has 0 bridgehead atoms. The van der Waals surface area contributed by atoms with Crippen molar-refractivity contribution >= 4 is 43.7 Å². The van der Waals surface area contributed by atoms with Gasteiger partial charge in [-0.25, -0.2) is 10.6 Å². The monoisotopic (exact) mass is 773 g/mol. The molecular formula is C29H32Br2N4O8V. The molecule has 0 atom stereocenters. The summed E-state index contributed by atoms with van der Waals surface area (Å²) in [4.78, 5) is 22.7. The van der Waals surface area contributed by atoms with Crippen LogP contribution in [0.4, 0.5) is 0 Å². The Bertz CT molecular complexity index is 1390. The first kappa shape index (κ1) is 40.4. The third-order valence-electron chi connectivity index (χ3n) is 5.31. The van der Waals surface area contributed by atoms with Crippen molar-refractivity contribution in [3.8, 4) is 23.0 Å². The number of halogens is 2. The summed E-state index contributed by atoms with van der Waals surface area (Å²) in [7, 11) is 1.26. The van der Waals surface area contributed by atoms with Crippen LogP contribution in [0.3, 0.4) is 0 Å². The molecule has 235 valence electrons. The number of esters is 1. The van der Waals surface area contributed by atoms with E-state index in [1.807, 2.05) is 54.0 Å². The fourth-order valence-electron chi connectivity index (χ4n) is 3.34. The number of hydrazine groups is 2. The number of nitrogens with one attached hydrogen (secondary N) is 1. The van der Waals surface area contributed by atoms with Gasteiger partial charge in [0.1, 0.15) is 41.8 Å². The van der Waals surface area contributed by atoms with Gasteiger partial charge in [0.25, 0.3) is 5.91 Å². The predicted molar refractivity (Wildman–Crippen MR) is 168 cm³/mol. The summed E-state index contributed by atoms with van der Waals surface area (Å²) >= 11 is 6.77. The normalized spacial score (nSPS) is 9.32. The van der Waals surface area contributed by atoms with Gasteiger partial charge < -0.3 is 29.9 Å². The molecule has 4 rings (SSSR count). The average molecular weight is 775 g/mol. The fourth-order valence-corrected chi connectivity index (χ4v) is 4.23. The maximum atomic E-state index is 11.3. The summed E-state index contributed by atoms with van der Waals surface area (Å²) in [6.07, 6.45) is 0. The van der Waals surface area contributed by atoms with Crippen LogP contribution in [-0.2, 0) is 36.5 Å². The van der Waals surface area contributed by atoms with Crippen molar-refractivity contribution < 1.29 is 58.0 Å². The SMILES string of the molecule is COC(=O)c1ccc(OCc2cccc(Br)c2)cc1O.NN.NNC(=O)c1ccc(OCc2cccc(Br)c2)cc1O.O.[V]. The van der Waals surface area contributed by atoms with E-state index in [1.54, 1.807) is 12.1 Å². The van der Waals surface area contributed by atoms with Crippen molar-refractivity contribution in [3.63, 3.8) is 0 Å². The first-order chi connectivity index (χ1) is 20.2. The largest absolute Gasteiger partial charge is 0.507 e. The third kappa shape index (κ3) is 13.0. The number of hydrogen-bond donors (Lipinski definition) is 6. The van der Waals surface area contributed by atoms with Crippen molar-refractivity contribution in [2.75, 3.05) is 7.11 Å². The van der Waals surface area contributed by atoms with Crippen molar-refractivity contribution in [1.82, 2.24) is 5.43 Å². The van der Waals surface area contributed by atoms with Crippen molar-refractivity contribution in [2.45, 2.75) is 13.2 Å². The van der Waals surface area contributed by atoms with E-state index in [2.05, 4.69) is 48.3 Å². The van der Waals surface area contributed by atoms with Crippen LogP contribution in [0.15, 0.2) is 93.9 Å². The van der Waals surface area contributed by atoms with Crippen molar-refractivity contribution in [2.24, 2.45) is 17.5 Å². The minimum atomic E-state index is -0.582. The Balaban J connectivity index is 0.000000763. The molecule has 11 N–H and O–H groups in total. The zero-order chi connectivity index (χ0) is 31.1. The molecule has 0 heterocycles. The molecule has 4 aromatic rings.